The lowest BCUT2D eigenvalue weighted by Gasteiger charge is -2.17. The molecule has 2 aromatic rings. The Hall–Kier alpha value is -0.800. The first-order chi connectivity index (χ1) is 9.28. The van der Waals surface area contributed by atoms with Crippen LogP contribution in [-0.2, 0) is 0 Å². The molecular weight excluding hydrogens is 302 g/mol. The molecule has 0 bridgehead atoms. The van der Waals surface area contributed by atoms with E-state index in [9.17, 15) is 0 Å². The minimum Gasteiger partial charge on any atom is -0.458 e. The van der Waals surface area contributed by atoms with Gasteiger partial charge in [0.2, 0.25) is 0 Å². The summed E-state index contributed by atoms with van der Waals surface area (Å²) in [5.41, 5.74) is 0.962. The fraction of sp³-hybridized carbons (Fsp3) is 0.500. The van der Waals surface area contributed by atoms with Crippen molar-refractivity contribution < 1.29 is 4.42 Å². The number of para-hydroxylation sites is 1. The summed E-state index contributed by atoms with van der Waals surface area (Å²) in [5, 5.41) is 4.59. The standard InChI is InChI=1S/C16H20BrNO/c1-18-14(9-11-5-2-3-6-11)15-10-12-7-4-8-13(17)16(12)19-15/h4,7-8,10-11,14,18H,2-3,5-6,9H2,1H3. The van der Waals surface area contributed by atoms with Crippen LogP contribution >= 0.6 is 15.9 Å². The van der Waals surface area contributed by atoms with Crippen molar-refractivity contribution in [1.29, 1.82) is 0 Å². The summed E-state index contributed by atoms with van der Waals surface area (Å²) in [6, 6.07) is 8.70. The lowest BCUT2D eigenvalue weighted by molar-refractivity contribution is 0.365. The van der Waals surface area contributed by atoms with E-state index < -0.39 is 0 Å². The third-order valence-corrected chi connectivity index (χ3v) is 4.88. The van der Waals surface area contributed by atoms with E-state index in [-0.39, 0.29) is 0 Å². The van der Waals surface area contributed by atoms with Crippen LogP contribution < -0.4 is 5.32 Å². The molecule has 19 heavy (non-hydrogen) atoms. The van der Waals surface area contributed by atoms with Gasteiger partial charge in [0.1, 0.15) is 11.3 Å². The number of benzene rings is 1. The van der Waals surface area contributed by atoms with Crippen molar-refractivity contribution in [1.82, 2.24) is 5.32 Å². The molecule has 3 heteroatoms. The number of rotatable bonds is 4. The number of halogens is 1. The molecule has 1 N–H and O–H groups in total. The van der Waals surface area contributed by atoms with Crippen LogP contribution in [0.2, 0.25) is 0 Å². The molecule has 2 nitrogen and oxygen atoms in total. The van der Waals surface area contributed by atoms with Gasteiger partial charge in [-0.1, -0.05) is 37.8 Å². The molecule has 0 spiro atoms. The predicted molar refractivity (Wildman–Crippen MR) is 82.3 cm³/mol. The highest BCUT2D eigenvalue weighted by atomic mass is 79.9. The summed E-state index contributed by atoms with van der Waals surface area (Å²) in [7, 11) is 2.03. The van der Waals surface area contributed by atoms with Gasteiger partial charge in [0.25, 0.3) is 0 Å². The second-order valence-electron chi connectivity index (χ2n) is 5.53. The molecule has 0 saturated heterocycles. The van der Waals surface area contributed by atoms with E-state index in [0.717, 1.165) is 21.7 Å². The highest BCUT2D eigenvalue weighted by molar-refractivity contribution is 9.10. The molecule has 1 aliphatic rings. The summed E-state index contributed by atoms with van der Waals surface area (Å²) in [5.74, 6) is 1.92. The predicted octanol–water partition coefficient (Wildman–Crippen LogP) is 5.04. The minimum atomic E-state index is 0.336. The van der Waals surface area contributed by atoms with E-state index >= 15 is 0 Å². The maximum absolute atomic E-state index is 6.05. The lowest BCUT2D eigenvalue weighted by Crippen LogP contribution is -2.18. The smallest absolute Gasteiger partial charge is 0.148 e. The van der Waals surface area contributed by atoms with Crippen molar-refractivity contribution in [2.24, 2.45) is 5.92 Å². The molecule has 1 heterocycles. The minimum absolute atomic E-state index is 0.336. The van der Waals surface area contributed by atoms with E-state index in [4.69, 9.17) is 4.42 Å². The summed E-state index contributed by atoms with van der Waals surface area (Å²) < 4.78 is 7.09. The average molecular weight is 322 g/mol. The van der Waals surface area contributed by atoms with Crippen molar-refractivity contribution in [3.8, 4) is 0 Å². The van der Waals surface area contributed by atoms with Crippen LogP contribution in [0.3, 0.4) is 0 Å². The van der Waals surface area contributed by atoms with Crippen LogP contribution in [0, 0.1) is 5.92 Å². The summed E-state index contributed by atoms with van der Waals surface area (Å²) in [6.45, 7) is 0. The van der Waals surface area contributed by atoms with Gasteiger partial charge in [0.15, 0.2) is 0 Å². The van der Waals surface area contributed by atoms with Gasteiger partial charge in [0, 0.05) is 5.39 Å². The monoisotopic (exact) mass is 321 g/mol. The Bertz CT molecular complexity index is 557. The van der Waals surface area contributed by atoms with Crippen LogP contribution in [0.4, 0.5) is 0 Å². The third-order valence-electron chi connectivity index (χ3n) is 4.25. The Morgan fingerprint density at radius 3 is 2.84 bits per heavy atom. The summed E-state index contributed by atoms with van der Waals surface area (Å²) in [4.78, 5) is 0. The molecule has 1 fully saturated rings. The number of hydrogen-bond donors (Lipinski definition) is 1. The van der Waals surface area contributed by atoms with E-state index in [0.29, 0.717) is 6.04 Å². The van der Waals surface area contributed by atoms with Gasteiger partial charge in [-0.2, -0.15) is 0 Å². The van der Waals surface area contributed by atoms with Crippen molar-refractivity contribution >= 4 is 26.9 Å². The van der Waals surface area contributed by atoms with Crippen LogP contribution in [0.5, 0.6) is 0 Å². The Labute approximate surface area is 122 Å². The van der Waals surface area contributed by atoms with Crippen molar-refractivity contribution in [2.75, 3.05) is 7.05 Å². The van der Waals surface area contributed by atoms with Gasteiger partial charge in [-0.3, -0.25) is 0 Å². The molecule has 102 valence electrons. The molecule has 1 atom stereocenters. The van der Waals surface area contributed by atoms with Crippen LogP contribution in [0.1, 0.15) is 43.9 Å². The van der Waals surface area contributed by atoms with Gasteiger partial charge >= 0.3 is 0 Å². The molecular formula is C16H20BrNO. The average Bonchev–Trinajstić information content (AvgIpc) is 3.05. The lowest BCUT2D eigenvalue weighted by atomic mass is 9.97. The second-order valence-corrected chi connectivity index (χ2v) is 6.39. The maximum atomic E-state index is 6.05. The molecule has 0 radical (unpaired) electrons. The first kappa shape index (κ1) is 13.2. The fourth-order valence-electron chi connectivity index (χ4n) is 3.17. The first-order valence-corrected chi connectivity index (χ1v) is 7.92. The van der Waals surface area contributed by atoms with Gasteiger partial charge in [0.05, 0.1) is 10.5 Å². The maximum Gasteiger partial charge on any atom is 0.148 e. The Morgan fingerprint density at radius 1 is 1.37 bits per heavy atom. The van der Waals surface area contributed by atoms with E-state index in [1.165, 1.54) is 37.5 Å². The molecule has 0 amide bonds. The summed E-state index contributed by atoms with van der Waals surface area (Å²) in [6.07, 6.45) is 6.73. The van der Waals surface area contributed by atoms with E-state index in [1.54, 1.807) is 0 Å². The molecule has 1 saturated carbocycles. The molecule has 3 rings (SSSR count). The number of furan rings is 1. The Morgan fingerprint density at radius 2 is 2.16 bits per heavy atom. The zero-order valence-corrected chi connectivity index (χ0v) is 12.9. The topological polar surface area (TPSA) is 25.2 Å². The molecule has 0 aliphatic heterocycles. The van der Waals surface area contributed by atoms with Gasteiger partial charge in [-0.25, -0.2) is 0 Å². The van der Waals surface area contributed by atoms with Gasteiger partial charge in [-0.05, 0) is 47.4 Å². The quantitative estimate of drug-likeness (QED) is 0.853. The molecule has 1 aromatic carbocycles. The highest BCUT2D eigenvalue weighted by Crippen LogP contribution is 2.35. The van der Waals surface area contributed by atoms with Gasteiger partial charge < -0.3 is 9.73 Å². The van der Waals surface area contributed by atoms with E-state index in [1.807, 2.05) is 13.1 Å². The molecule has 1 aliphatic carbocycles. The molecule has 1 aromatic heterocycles. The Kier molecular flexibility index (Phi) is 3.94. The number of nitrogens with one attached hydrogen (secondary N) is 1. The first-order valence-electron chi connectivity index (χ1n) is 7.13. The Balaban J connectivity index is 1.86. The summed E-state index contributed by atoms with van der Waals surface area (Å²) >= 11 is 3.56. The van der Waals surface area contributed by atoms with Crippen molar-refractivity contribution in [2.45, 2.75) is 38.1 Å². The van der Waals surface area contributed by atoms with E-state index in [2.05, 4.69) is 39.4 Å². The fourth-order valence-corrected chi connectivity index (χ4v) is 3.64. The number of hydrogen-bond acceptors (Lipinski definition) is 2. The van der Waals surface area contributed by atoms with Crippen LogP contribution in [0.25, 0.3) is 11.0 Å². The highest BCUT2D eigenvalue weighted by Gasteiger charge is 2.22. The number of fused-ring (bicyclic) bond motifs is 1. The van der Waals surface area contributed by atoms with Crippen molar-refractivity contribution in [3.05, 3.63) is 34.5 Å². The second kappa shape index (κ2) is 5.68. The third kappa shape index (κ3) is 2.72. The largest absolute Gasteiger partial charge is 0.458 e. The zero-order chi connectivity index (χ0) is 13.2. The van der Waals surface area contributed by atoms with Crippen molar-refractivity contribution in [3.63, 3.8) is 0 Å². The normalized spacial score (nSPS) is 18.2. The van der Waals surface area contributed by atoms with Crippen LogP contribution in [0.15, 0.2) is 33.2 Å². The molecule has 1 unspecified atom stereocenters. The SMILES string of the molecule is CNC(CC1CCCC1)c1cc2cccc(Br)c2o1. The van der Waals surface area contributed by atoms with Gasteiger partial charge in [-0.15, -0.1) is 0 Å². The van der Waals surface area contributed by atoms with Crippen LogP contribution in [-0.4, -0.2) is 7.05 Å². The zero-order valence-electron chi connectivity index (χ0n) is 11.3.